The minimum absolute atomic E-state index is 0.0245. The molecule has 0 radical (unpaired) electrons. The Balaban J connectivity index is 1.12. The van der Waals surface area contributed by atoms with E-state index in [9.17, 15) is 9.50 Å². The first kappa shape index (κ1) is 33.1. The van der Waals surface area contributed by atoms with Gasteiger partial charge >= 0.3 is 6.01 Å². The second-order valence-corrected chi connectivity index (χ2v) is 15.5. The summed E-state index contributed by atoms with van der Waals surface area (Å²) in [5, 5.41) is 11.8. The van der Waals surface area contributed by atoms with Crippen LogP contribution in [0.5, 0.6) is 11.8 Å². The Morgan fingerprint density at radius 2 is 1.84 bits per heavy atom. The number of anilines is 1. The molecule has 4 fully saturated rings. The molecule has 0 amide bonds. The van der Waals surface area contributed by atoms with E-state index in [1.165, 1.54) is 56.4 Å². The molecule has 2 aromatic carbocycles. The fourth-order valence-corrected chi connectivity index (χ4v) is 8.55. The highest BCUT2D eigenvalue weighted by Crippen LogP contribution is 2.47. The zero-order chi connectivity index (χ0) is 34.7. The van der Waals surface area contributed by atoms with Crippen LogP contribution >= 0.6 is 0 Å². The van der Waals surface area contributed by atoms with Gasteiger partial charge in [0.15, 0.2) is 5.82 Å². The predicted octanol–water partition coefficient (Wildman–Crippen LogP) is 5.56. The summed E-state index contributed by atoms with van der Waals surface area (Å²) >= 11 is 0. The van der Waals surface area contributed by atoms with Gasteiger partial charge in [-0.1, -0.05) is 25.8 Å². The number of halogens is 2. The fourth-order valence-electron chi connectivity index (χ4n) is 8.55. The van der Waals surface area contributed by atoms with Crippen molar-refractivity contribution in [1.82, 2.24) is 24.8 Å². The third kappa shape index (κ3) is 6.22. The van der Waals surface area contributed by atoms with Crippen molar-refractivity contribution in [2.75, 3.05) is 57.3 Å². The van der Waals surface area contributed by atoms with E-state index < -0.39 is 11.6 Å². The lowest BCUT2D eigenvalue weighted by Crippen LogP contribution is -2.54. The van der Waals surface area contributed by atoms with Crippen LogP contribution in [0.1, 0.15) is 51.5 Å². The minimum atomic E-state index is -0.731. The number of nitrogens with two attached hydrogens (primary N) is 1. The monoisotopic (exact) mass is 681 g/mol. The van der Waals surface area contributed by atoms with Gasteiger partial charge in [-0.25, -0.2) is 8.78 Å². The molecule has 50 heavy (non-hydrogen) atoms. The third-order valence-corrected chi connectivity index (χ3v) is 11.3. The van der Waals surface area contributed by atoms with Gasteiger partial charge in [0.1, 0.15) is 28.6 Å². The molecule has 5 heterocycles. The Kier molecular flexibility index (Phi) is 8.53. The van der Waals surface area contributed by atoms with Gasteiger partial charge in [0.25, 0.3) is 0 Å². The minimum Gasteiger partial charge on any atom is -0.508 e. The lowest BCUT2D eigenvalue weighted by molar-refractivity contribution is 0.0206. The quantitative estimate of drug-likeness (QED) is 0.232. The molecule has 2 aromatic heterocycles. The van der Waals surface area contributed by atoms with Crippen molar-refractivity contribution in [2.45, 2.75) is 58.0 Å². The average Bonchev–Trinajstić information content (AvgIpc) is 3.85. The number of hydrogen-bond acceptors (Lipinski definition) is 9. The number of piperidine rings is 2. The number of fused-ring (bicyclic) bond motifs is 2. The highest BCUT2D eigenvalue weighted by molar-refractivity contribution is 6.03. The normalized spacial score (nSPS) is 23.2. The molecule has 3 aliphatic heterocycles. The van der Waals surface area contributed by atoms with Crippen molar-refractivity contribution in [3.63, 3.8) is 0 Å². The van der Waals surface area contributed by atoms with Crippen LogP contribution in [0.25, 0.3) is 32.9 Å². The zero-order valence-electron chi connectivity index (χ0n) is 28.8. The summed E-state index contributed by atoms with van der Waals surface area (Å²) in [4.78, 5) is 21.3. The van der Waals surface area contributed by atoms with Gasteiger partial charge in [-0.3, -0.25) is 9.88 Å². The first-order valence-corrected chi connectivity index (χ1v) is 18.0. The summed E-state index contributed by atoms with van der Waals surface area (Å²) in [7, 11) is 0. The second kappa shape index (κ2) is 12.9. The van der Waals surface area contributed by atoms with Crippen LogP contribution in [-0.4, -0.2) is 94.4 Å². The standard InChI is InChI=1S/C39H45F2N7O2/c1-4-29-32(40)6-5-25-14-28(49)15-30(33(25)29)35-34(41)36-31(16-43-35)37(48-17-23(2)13-26(42)20-48)45-38(44-36)50-22-39(9-10-39)21-46-11-7-27(8-12-46)47-18-24(3)19-47/h1,5-6,14-16,23-24,26-27,49H,7-13,17-22,42H2,2-3H3. The van der Waals surface area contributed by atoms with Crippen LogP contribution in [0.3, 0.4) is 0 Å². The van der Waals surface area contributed by atoms with E-state index in [0.29, 0.717) is 48.2 Å². The molecule has 262 valence electrons. The van der Waals surface area contributed by atoms with Crippen molar-refractivity contribution in [2.24, 2.45) is 23.0 Å². The molecule has 3 saturated heterocycles. The molecular weight excluding hydrogens is 636 g/mol. The number of aromatic nitrogens is 3. The summed E-state index contributed by atoms with van der Waals surface area (Å²) in [6.07, 6.45) is 12.7. The molecule has 0 spiro atoms. The van der Waals surface area contributed by atoms with Gasteiger partial charge in [-0.15, -0.1) is 6.42 Å². The van der Waals surface area contributed by atoms with Crippen molar-refractivity contribution in [1.29, 1.82) is 0 Å². The summed E-state index contributed by atoms with van der Waals surface area (Å²) < 4.78 is 38.1. The van der Waals surface area contributed by atoms with Crippen LogP contribution in [0.2, 0.25) is 0 Å². The molecular formula is C39H45F2N7O2. The molecule has 8 rings (SSSR count). The average molecular weight is 682 g/mol. The van der Waals surface area contributed by atoms with Crippen molar-refractivity contribution in [3.8, 4) is 35.4 Å². The number of aromatic hydroxyl groups is 1. The summed E-state index contributed by atoms with van der Waals surface area (Å²) in [5.41, 5.74) is 6.54. The molecule has 4 aromatic rings. The molecule has 9 nitrogen and oxygen atoms in total. The van der Waals surface area contributed by atoms with E-state index in [1.54, 1.807) is 0 Å². The topological polar surface area (TPSA) is 104 Å². The molecule has 2 unspecified atom stereocenters. The van der Waals surface area contributed by atoms with Crippen molar-refractivity contribution in [3.05, 3.63) is 47.7 Å². The maximum atomic E-state index is 16.9. The largest absolute Gasteiger partial charge is 0.508 e. The van der Waals surface area contributed by atoms with E-state index in [1.807, 2.05) is 0 Å². The number of rotatable bonds is 8. The van der Waals surface area contributed by atoms with Gasteiger partial charge in [-0.2, -0.15) is 9.97 Å². The molecule has 2 atom stereocenters. The van der Waals surface area contributed by atoms with Crippen LogP contribution in [-0.2, 0) is 0 Å². The van der Waals surface area contributed by atoms with Gasteiger partial charge in [0.05, 0.1) is 17.6 Å². The summed E-state index contributed by atoms with van der Waals surface area (Å²) in [5.74, 6) is 2.58. The zero-order valence-corrected chi connectivity index (χ0v) is 28.8. The van der Waals surface area contributed by atoms with Gasteiger partial charge in [0, 0.05) is 67.4 Å². The molecule has 11 heteroatoms. The van der Waals surface area contributed by atoms with Gasteiger partial charge < -0.3 is 25.4 Å². The SMILES string of the molecule is C#Cc1c(F)ccc2cc(O)cc(-c3ncc4c(N5CC(C)CC(N)C5)nc(OCC5(CN6CCC(N7CC(C)C7)CC6)CC5)nc4c3F)c12. The van der Waals surface area contributed by atoms with Crippen molar-refractivity contribution >= 4 is 27.5 Å². The lowest BCUT2D eigenvalue weighted by atomic mass is 9.94. The summed E-state index contributed by atoms with van der Waals surface area (Å²) in [6.45, 7) is 11.8. The highest BCUT2D eigenvalue weighted by Gasteiger charge is 2.46. The second-order valence-electron chi connectivity index (χ2n) is 15.5. The Hall–Kier alpha value is -4.11. The molecule has 1 aliphatic carbocycles. The van der Waals surface area contributed by atoms with Crippen LogP contribution in [0.15, 0.2) is 30.5 Å². The van der Waals surface area contributed by atoms with Crippen molar-refractivity contribution < 1.29 is 18.6 Å². The molecule has 4 aliphatic rings. The number of nitrogens with zero attached hydrogens (tertiary/aromatic N) is 6. The van der Waals surface area contributed by atoms with Gasteiger partial charge in [-0.05, 0) is 80.6 Å². The van der Waals surface area contributed by atoms with Crippen LogP contribution in [0.4, 0.5) is 14.6 Å². The number of phenols is 1. The Labute approximate surface area is 291 Å². The number of likely N-dealkylation sites (tertiary alicyclic amines) is 2. The summed E-state index contributed by atoms with van der Waals surface area (Å²) in [6, 6.07) is 6.30. The van der Waals surface area contributed by atoms with E-state index >= 15 is 4.39 Å². The smallest absolute Gasteiger partial charge is 0.319 e. The van der Waals surface area contributed by atoms with Crippen LogP contribution in [0, 0.1) is 41.2 Å². The van der Waals surface area contributed by atoms with E-state index in [2.05, 4.69) is 44.4 Å². The number of ether oxygens (including phenoxy) is 1. The molecule has 1 saturated carbocycles. The Bertz CT molecular complexity index is 1970. The van der Waals surface area contributed by atoms with E-state index in [-0.39, 0.29) is 50.9 Å². The maximum Gasteiger partial charge on any atom is 0.319 e. The maximum absolute atomic E-state index is 16.9. The number of pyridine rings is 1. The highest BCUT2D eigenvalue weighted by atomic mass is 19.1. The van der Waals surface area contributed by atoms with Gasteiger partial charge in [0.2, 0.25) is 0 Å². The lowest BCUT2D eigenvalue weighted by Gasteiger charge is -2.46. The van der Waals surface area contributed by atoms with E-state index in [4.69, 9.17) is 21.9 Å². The number of hydrogen-bond donors (Lipinski definition) is 2. The fraction of sp³-hybridized carbons (Fsp3) is 0.513. The first-order valence-electron chi connectivity index (χ1n) is 18.0. The van der Waals surface area contributed by atoms with E-state index in [0.717, 1.165) is 44.8 Å². The molecule has 0 bridgehead atoms. The Morgan fingerprint density at radius 1 is 1.06 bits per heavy atom. The first-order chi connectivity index (χ1) is 24.1. The molecule has 3 N–H and O–H groups in total. The Morgan fingerprint density at radius 3 is 2.54 bits per heavy atom. The third-order valence-electron chi connectivity index (χ3n) is 11.3. The van der Waals surface area contributed by atoms with Crippen LogP contribution < -0.4 is 15.4 Å². The number of phenolic OH excluding ortho intramolecular Hbond substituents is 1. The predicted molar refractivity (Wildman–Crippen MR) is 191 cm³/mol. The number of terminal acetylenes is 1. The number of benzene rings is 2.